The quantitative estimate of drug-likeness (QED) is 0.731. The Morgan fingerprint density at radius 1 is 1.38 bits per heavy atom. The molecule has 1 aliphatic carbocycles. The van der Waals surface area contributed by atoms with Gasteiger partial charge in [0.15, 0.2) is 0 Å². The molecular weight excluding hydrogens is 198 g/mol. The van der Waals surface area contributed by atoms with Gasteiger partial charge in [-0.2, -0.15) is 0 Å². The molecule has 1 aliphatic rings. The van der Waals surface area contributed by atoms with Crippen molar-refractivity contribution >= 4 is 5.91 Å². The van der Waals surface area contributed by atoms with Gasteiger partial charge in [-0.25, -0.2) is 0 Å². The summed E-state index contributed by atoms with van der Waals surface area (Å²) in [5, 5.41) is 0. The zero-order chi connectivity index (χ0) is 12.3. The molecule has 2 N–H and O–H groups in total. The number of allylic oxidation sites excluding steroid dienone is 2. The van der Waals surface area contributed by atoms with Gasteiger partial charge < -0.3 is 5.73 Å². The van der Waals surface area contributed by atoms with Crippen LogP contribution in [0.1, 0.15) is 47.0 Å². The summed E-state index contributed by atoms with van der Waals surface area (Å²) in [7, 11) is 0. The molecule has 0 fully saturated rings. The molecule has 1 rings (SSSR count). The van der Waals surface area contributed by atoms with Crippen LogP contribution in [0, 0.1) is 23.2 Å². The molecular formula is C14H25NO. The predicted molar refractivity (Wildman–Crippen MR) is 67.8 cm³/mol. The normalized spacial score (nSPS) is 38.6. The smallest absolute Gasteiger partial charge is 0.224 e. The highest BCUT2D eigenvalue weighted by Crippen LogP contribution is 2.47. The number of rotatable bonds is 4. The van der Waals surface area contributed by atoms with E-state index in [9.17, 15) is 4.79 Å². The van der Waals surface area contributed by atoms with Crippen molar-refractivity contribution in [2.45, 2.75) is 47.0 Å². The largest absolute Gasteiger partial charge is 0.369 e. The second-order valence-corrected chi connectivity index (χ2v) is 5.29. The van der Waals surface area contributed by atoms with Crippen LogP contribution in [-0.2, 0) is 4.79 Å². The van der Waals surface area contributed by atoms with Crippen LogP contribution in [0.5, 0.6) is 0 Å². The maximum atomic E-state index is 11.8. The molecule has 0 aromatic rings. The summed E-state index contributed by atoms with van der Waals surface area (Å²) < 4.78 is 0. The Balaban J connectivity index is 3.09. The molecule has 0 radical (unpaired) electrons. The molecule has 1 amide bonds. The Kier molecular flexibility index (Phi) is 4.17. The first-order valence-corrected chi connectivity index (χ1v) is 6.46. The van der Waals surface area contributed by atoms with Crippen LogP contribution in [0.25, 0.3) is 0 Å². The third kappa shape index (κ3) is 2.02. The Hall–Kier alpha value is -0.790. The average molecular weight is 223 g/mol. The van der Waals surface area contributed by atoms with E-state index in [1.165, 1.54) is 0 Å². The molecule has 2 nitrogen and oxygen atoms in total. The number of hydrogen-bond donors (Lipinski definition) is 1. The first-order chi connectivity index (χ1) is 7.48. The van der Waals surface area contributed by atoms with Gasteiger partial charge >= 0.3 is 0 Å². The number of carbonyl (C=O) groups excluding carboxylic acids is 1. The molecule has 92 valence electrons. The van der Waals surface area contributed by atoms with Gasteiger partial charge in [-0.15, -0.1) is 0 Å². The topological polar surface area (TPSA) is 43.1 Å². The second kappa shape index (κ2) is 5.03. The Bertz CT molecular complexity index is 284. The lowest BCUT2D eigenvalue weighted by Crippen LogP contribution is -2.49. The minimum atomic E-state index is -0.370. The van der Waals surface area contributed by atoms with E-state index >= 15 is 0 Å². The lowest BCUT2D eigenvalue weighted by atomic mass is 9.58. The van der Waals surface area contributed by atoms with Crippen molar-refractivity contribution in [2.24, 2.45) is 28.9 Å². The maximum Gasteiger partial charge on any atom is 0.224 e. The first-order valence-electron chi connectivity index (χ1n) is 6.46. The zero-order valence-corrected chi connectivity index (χ0v) is 11.0. The summed E-state index contributed by atoms with van der Waals surface area (Å²) in [6.07, 6.45) is 7.76. The number of amides is 1. The van der Waals surface area contributed by atoms with Crippen LogP contribution in [0.3, 0.4) is 0 Å². The minimum absolute atomic E-state index is 0.138. The van der Waals surface area contributed by atoms with Gasteiger partial charge in [-0.05, 0) is 37.5 Å². The van der Waals surface area contributed by atoms with Gasteiger partial charge in [-0.1, -0.05) is 39.3 Å². The summed E-state index contributed by atoms with van der Waals surface area (Å²) in [6, 6.07) is 0. The SMILES string of the molecule is CCC[C@H]1[C@H](CC)C=CC(C)[C@@]1(C)C(N)=O. The number of primary amides is 1. The van der Waals surface area contributed by atoms with Crippen molar-refractivity contribution in [1.29, 1.82) is 0 Å². The Morgan fingerprint density at radius 3 is 2.44 bits per heavy atom. The lowest BCUT2D eigenvalue weighted by molar-refractivity contribution is -0.134. The molecule has 0 aromatic carbocycles. The fraction of sp³-hybridized carbons (Fsp3) is 0.786. The van der Waals surface area contributed by atoms with E-state index in [-0.39, 0.29) is 17.2 Å². The highest BCUT2D eigenvalue weighted by atomic mass is 16.1. The summed E-state index contributed by atoms with van der Waals surface area (Å²) in [6.45, 7) is 8.52. The van der Waals surface area contributed by atoms with E-state index in [2.05, 4.69) is 32.9 Å². The van der Waals surface area contributed by atoms with Crippen molar-refractivity contribution in [3.8, 4) is 0 Å². The van der Waals surface area contributed by atoms with Gasteiger partial charge in [0.2, 0.25) is 5.91 Å². The highest BCUT2D eigenvalue weighted by Gasteiger charge is 2.47. The molecule has 0 spiro atoms. The van der Waals surface area contributed by atoms with Crippen LogP contribution in [0.2, 0.25) is 0 Å². The lowest BCUT2D eigenvalue weighted by Gasteiger charge is -2.45. The van der Waals surface area contributed by atoms with E-state index in [0.29, 0.717) is 11.8 Å². The van der Waals surface area contributed by atoms with Gasteiger partial charge in [-0.3, -0.25) is 4.79 Å². The Morgan fingerprint density at radius 2 is 2.00 bits per heavy atom. The van der Waals surface area contributed by atoms with E-state index < -0.39 is 0 Å². The minimum Gasteiger partial charge on any atom is -0.369 e. The molecule has 1 unspecified atom stereocenters. The summed E-state index contributed by atoms with van der Waals surface area (Å²) in [5.74, 6) is 1.03. The summed E-state index contributed by atoms with van der Waals surface area (Å²) >= 11 is 0. The molecule has 0 aromatic heterocycles. The van der Waals surface area contributed by atoms with Gasteiger partial charge in [0, 0.05) is 0 Å². The van der Waals surface area contributed by atoms with Gasteiger partial charge in [0.1, 0.15) is 0 Å². The van der Waals surface area contributed by atoms with Crippen LogP contribution in [-0.4, -0.2) is 5.91 Å². The van der Waals surface area contributed by atoms with Crippen LogP contribution < -0.4 is 5.73 Å². The van der Waals surface area contributed by atoms with E-state index in [1.54, 1.807) is 0 Å². The van der Waals surface area contributed by atoms with Gasteiger partial charge in [0.25, 0.3) is 0 Å². The number of nitrogens with two attached hydrogens (primary N) is 1. The van der Waals surface area contributed by atoms with Crippen molar-refractivity contribution in [1.82, 2.24) is 0 Å². The van der Waals surface area contributed by atoms with Gasteiger partial charge in [0.05, 0.1) is 5.41 Å². The molecule has 16 heavy (non-hydrogen) atoms. The van der Waals surface area contributed by atoms with Crippen LogP contribution in [0.4, 0.5) is 0 Å². The average Bonchev–Trinajstić information content (AvgIpc) is 2.25. The van der Waals surface area contributed by atoms with Crippen molar-refractivity contribution in [3.63, 3.8) is 0 Å². The van der Waals surface area contributed by atoms with Crippen molar-refractivity contribution < 1.29 is 4.79 Å². The summed E-state index contributed by atoms with van der Waals surface area (Å²) in [4.78, 5) is 11.8. The zero-order valence-electron chi connectivity index (χ0n) is 11.0. The molecule has 4 atom stereocenters. The maximum absolute atomic E-state index is 11.8. The predicted octanol–water partition coefficient (Wildman–Crippen LogP) is 3.13. The highest BCUT2D eigenvalue weighted by molar-refractivity contribution is 5.81. The molecule has 0 aliphatic heterocycles. The fourth-order valence-corrected chi connectivity index (χ4v) is 3.08. The van der Waals surface area contributed by atoms with E-state index in [1.807, 2.05) is 6.92 Å². The molecule has 0 bridgehead atoms. The number of hydrogen-bond acceptors (Lipinski definition) is 1. The monoisotopic (exact) mass is 223 g/mol. The molecule has 0 saturated carbocycles. The van der Waals surface area contributed by atoms with E-state index in [4.69, 9.17) is 5.73 Å². The number of carbonyl (C=O) groups is 1. The third-order valence-corrected chi connectivity index (χ3v) is 4.48. The van der Waals surface area contributed by atoms with Crippen molar-refractivity contribution in [2.75, 3.05) is 0 Å². The Labute approximate surface area is 99.3 Å². The van der Waals surface area contributed by atoms with Crippen molar-refractivity contribution in [3.05, 3.63) is 12.2 Å². The summed E-state index contributed by atoms with van der Waals surface area (Å²) in [5.41, 5.74) is 5.29. The van der Waals surface area contributed by atoms with Crippen LogP contribution >= 0.6 is 0 Å². The third-order valence-electron chi connectivity index (χ3n) is 4.48. The molecule has 2 heteroatoms. The fourth-order valence-electron chi connectivity index (χ4n) is 3.08. The first kappa shape index (κ1) is 13.3. The van der Waals surface area contributed by atoms with Crippen LogP contribution in [0.15, 0.2) is 12.2 Å². The molecule has 0 saturated heterocycles. The van der Waals surface area contributed by atoms with E-state index in [0.717, 1.165) is 19.3 Å². The standard InChI is InChI=1S/C14H25NO/c1-5-7-12-11(6-2)9-8-10(3)14(12,4)13(15)16/h8-12H,5-7H2,1-4H3,(H2,15,16)/t10?,11-,12+,14-/m1/s1. The molecule has 0 heterocycles. The second-order valence-electron chi connectivity index (χ2n) is 5.29.